The quantitative estimate of drug-likeness (QED) is 0.187. The Hall–Kier alpha value is -0.130. The molecule has 33 heavy (non-hydrogen) atoms. The third-order valence-electron chi connectivity index (χ3n) is 7.52. The van der Waals surface area contributed by atoms with Gasteiger partial charge in [-0.2, -0.15) is 23.5 Å². The predicted octanol–water partition coefficient (Wildman–Crippen LogP) is 8.10. The highest BCUT2D eigenvalue weighted by atomic mass is 32.2. The molecule has 0 aromatic rings. The van der Waals surface area contributed by atoms with Crippen molar-refractivity contribution in [2.24, 2.45) is 10.8 Å². The van der Waals surface area contributed by atoms with Crippen LogP contribution < -0.4 is 0 Å². The van der Waals surface area contributed by atoms with Crippen molar-refractivity contribution >= 4 is 29.5 Å². The largest absolute Gasteiger partial charge is 0.481 e. The molecule has 5 heteroatoms. The van der Waals surface area contributed by atoms with Gasteiger partial charge in [-0.15, -0.1) is 0 Å². The summed E-state index contributed by atoms with van der Waals surface area (Å²) < 4.78 is 0. The van der Waals surface area contributed by atoms with Crippen LogP contribution in [-0.4, -0.2) is 43.8 Å². The number of carbonyl (C=O) groups is 1. The van der Waals surface area contributed by atoms with Gasteiger partial charge in [0.2, 0.25) is 0 Å². The summed E-state index contributed by atoms with van der Waals surface area (Å²) in [7, 11) is 0. The fraction of sp³-hybridized carbons (Fsp3) is 0.893. The summed E-state index contributed by atoms with van der Waals surface area (Å²) in [5.41, 5.74) is -0.508. The number of rotatable bonds is 14. The minimum absolute atomic E-state index is 0.0789. The Labute approximate surface area is 212 Å². The van der Waals surface area contributed by atoms with E-state index in [4.69, 9.17) is 0 Å². The average Bonchev–Trinajstić information content (AvgIpc) is 2.79. The molecule has 2 aliphatic rings. The highest BCUT2D eigenvalue weighted by Crippen LogP contribution is 2.39. The van der Waals surface area contributed by atoms with Gasteiger partial charge in [0.25, 0.3) is 0 Å². The minimum atomic E-state index is -0.673. The normalized spacial score (nSPS) is 27.2. The molecule has 2 fully saturated rings. The molecule has 0 amide bonds. The summed E-state index contributed by atoms with van der Waals surface area (Å²) in [6.07, 6.45) is 22.3. The Kier molecular flexibility index (Phi) is 12.7. The van der Waals surface area contributed by atoms with Crippen LogP contribution in [0.15, 0.2) is 12.2 Å². The van der Waals surface area contributed by atoms with Crippen LogP contribution in [-0.2, 0) is 4.79 Å². The number of thioether (sulfide) groups is 2. The lowest BCUT2D eigenvalue weighted by Gasteiger charge is -2.29. The van der Waals surface area contributed by atoms with E-state index >= 15 is 0 Å². The van der Waals surface area contributed by atoms with Gasteiger partial charge in [0.1, 0.15) is 0 Å². The van der Waals surface area contributed by atoms with Crippen LogP contribution >= 0.6 is 23.5 Å². The fourth-order valence-electron chi connectivity index (χ4n) is 4.92. The van der Waals surface area contributed by atoms with Crippen molar-refractivity contribution in [1.29, 1.82) is 0 Å². The smallest absolute Gasteiger partial charge is 0.309 e. The van der Waals surface area contributed by atoms with Gasteiger partial charge in [-0.3, -0.25) is 4.79 Å². The lowest BCUT2D eigenvalue weighted by molar-refractivity contribution is -0.147. The van der Waals surface area contributed by atoms with Crippen molar-refractivity contribution in [2.45, 2.75) is 139 Å². The maximum absolute atomic E-state index is 11.3. The van der Waals surface area contributed by atoms with Crippen LogP contribution in [0.2, 0.25) is 0 Å². The summed E-state index contributed by atoms with van der Waals surface area (Å²) in [5.74, 6) is -0.673. The summed E-state index contributed by atoms with van der Waals surface area (Å²) >= 11 is 4.39. The second kappa shape index (κ2) is 14.4. The zero-order chi connectivity index (χ0) is 24.3. The maximum Gasteiger partial charge on any atom is 0.309 e. The zero-order valence-electron chi connectivity index (χ0n) is 21.7. The molecule has 2 heterocycles. The molecular formula is C28H50O3S2. The second-order valence-corrected chi connectivity index (χ2v) is 14.9. The van der Waals surface area contributed by atoms with E-state index in [0.29, 0.717) is 17.1 Å². The summed E-state index contributed by atoms with van der Waals surface area (Å²) in [4.78, 5) is 11.3. The SMILES string of the molecule is CC(C)(CO)CCCCC1CCCC(C=CC2CCCC(CCCCC(C)(C)C(=O)O)S2)S1. The van der Waals surface area contributed by atoms with E-state index in [1.807, 2.05) is 13.8 Å². The standard InChI is InChI=1S/C28H50O3S2/c1-27(2,21-29)19-7-5-11-22-13-9-15-24(32-22)17-18-25-16-10-14-23(33-25)12-6-8-20-28(3,4)26(30)31/h17-18,22-25,29H,5-16,19-21H2,1-4H3,(H,30,31). The number of carboxylic acid groups (broad SMARTS) is 1. The second-order valence-electron chi connectivity index (χ2n) is 11.8. The van der Waals surface area contributed by atoms with Gasteiger partial charge in [-0.25, -0.2) is 0 Å². The Morgan fingerprint density at radius 1 is 0.818 bits per heavy atom. The van der Waals surface area contributed by atoms with E-state index in [9.17, 15) is 15.0 Å². The number of unbranched alkanes of at least 4 members (excludes halogenated alkanes) is 2. The van der Waals surface area contributed by atoms with Crippen LogP contribution in [0, 0.1) is 10.8 Å². The van der Waals surface area contributed by atoms with Crippen molar-refractivity contribution < 1.29 is 15.0 Å². The van der Waals surface area contributed by atoms with Crippen LogP contribution in [0.1, 0.15) is 118 Å². The topological polar surface area (TPSA) is 57.5 Å². The number of aliphatic hydroxyl groups is 1. The van der Waals surface area contributed by atoms with Gasteiger partial charge in [0.05, 0.1) is 5.41 Å². The number of hydrogen-bond acceptors (Lipinski definition) is 4. The Morgan fingerprint density at radius 3 is 1.76 bits per heavy atom. The van der Waals surface area contributed by atoms with Crippen molar-refractivity contribution in [1.82, 2.24) is 0 Å². The molecule has 3 nitrogen and oxygen atoms in total. The lowest BCUT2D eigenvalue weighted by Crippen LogP contribution is -2.23. The fourth-order valence-corrected chi connectivity index (χ4v) is 8.08. The Morgan fingerprint density at radius 2 is 1.30 bits per heavy atom. The van der Waals surface area contributed by atoms with Crippen LogP contribution in [0.5, 0.6) is 0 Å². The predicted molar refractivity (Wildman–Crippen MR) is 146 cm³/mol. The first-order chi connectivity index (χ1) is 15.6. The van der Waals surface area contributed by atoms with Crippen molar-refractivity contribution in [3.05, 3.63) is 12.2 Å². The van der Waals surface area contributed by atoms with Crippen molar-refractivity contribution in [2.75, 3.05) is 6.61 Å². The third kappa shape index (κ3) is 11.4. The molecule has 2 rings (SSSR count). The molecule has 2 aliphatic heterocycles. The van der Waals surface area contributed by atoms with Gasteiger partial charge >= 0.3 is 5.97 Å². The van der Waals surface area contributed by atoms with Gasteiger partial charge in [0.15, 0.2) is 0 Å². The molecule has 4 unspecified atom stereocenters. The van der Waals surface area contributed by atoms with Crippen molar-refractivity contribution in [3.63, 3.8) is 0 Å². The molecule has 0 aromatic carbocycles. The number of carboxylic acids is 1. The highest BCUT2D eigenvalue weighted by molar-refractivity contribution is 8.01. The zero-order valence-corrected chi connectivity index (χ0v) is 23.3. The molecule has 0 radical (unpaired) electrons. The number of aliphatic hydroxyl groups excluding tert-OH is 1. The molecule has 4 atom stereocenters. The van der Waals surface area contributed by atoms with Gasteiger partial charge in [-0.05, 0) is 70.6 Å². The third-order valence-corrected chi connectivity index (χ3v) is 10.7. The van der Waals surface area contributed by atoms with E-state index < -0.39 is 11.4 Å². The minimum Gasteiger partial charge on any atom is -0.481 e. The van der Waals surface area contributed by atoms with Crippen LogP contribution in [0.3, 0.4) is 0 Å². The van der Waals surface area contributed by atoms with Gasteiger partial charge < -0.3 is 10.2 Å². The van der Waals surface area contributed by atoms with E-state index in [1.165, 1.54) is 64.2 Å². The average molecular weight is 499 g/mol. The molecule has 2 N–H and O–H groups in total. The first kappa shape index (κ1) is 29.1. The van der Waals surface area contributed by atoms with E-state index in [1.54, 1.807) is 0 Å². The maximum atomic E-state index is 11.3. The molecular weight excluding hydrogens is 448 g/mol. The monoisotopic (exact) mass is 498 g/mol. The summed E-state index contributed by atoms with van der Waals surface area (Å²) in [6, 6.07) is 0. The van der Waals surface area contributed by atoms with Crippen LogP contribution in [0.4, 0.5) is 0 Å². The molecule has 2 saturated heterocycles. The van der Waals surface area contributed by atoms with E-state index in [0.717, 1.165) is 36.2 Å². The van der Waals surface area contributed by atoms with E-state index in [2.05, 4.69) is 49.5 Å². The molecule has 0 aliphatic carbocycles. The summed E-state index contributed by atoms with van der Waals surface area (Å²) in [6.45, 7) is 8.31. The van der Waals surface area contributed by atoms with Gasteiger partial charge in [-0.1, -0.05) is 64.5 Å². The first-order valence-corrected chi connectivity index (χ1v) is 15.3. The Balaban J connectivity index is 1.66. The molecule has 0 saturated carbocycles. The number of hydrogen-bond donors (Lipinski definition) is 2. The molecule has 0 aromatic heterocycles. The summed E-state index contributed by atoms with van der Waals surface area (Å²) in [5, 5.41) is 21.6. The molecule has 0 spiro atoms. The van der Waals surface area contributed by atoms with E-state index in [-0.39, 0.29) is 5.41 Å². The molecule has 0 bridgehead atoms. The van der Waals surface area contributed by atoms with Gasteiger partial charge in [0, 0.05) is 27.6 Å². The highest BCUT2D eigenvalue weighted by Gasteiger charge is 2.27. The molecule has 192 valence electrons. The van der Waals surface area contributed by atoms with Crippen molar-refractivity contribution in [3.8, 4) is 0 Å². The van der Waals surface area contributed by atoms with Crippen LogP contribution in [0.25, 0.3) is 0 Å². The number of aliphatic carboxylic acids is 1. The Bertz CT molecular complexity index is 602. The lowest BCUT2D eigenvalue weighted by atomic mass is 9.87. The first-order valence-electron chi connectivity index (χ1n) is 13.4.